The number of aryl methyl sites for hydroxylation is 1. The molecule has 0 heterocycles. The van der Waals surface area contributed by atoms with E-state index in [9.17, 15) is 9.59 Å². The summed E-state index contributed by atoms with van der Waals surface area (Å²) in [5.41, 5.74) is 1.19. The molecule has 0 amide bonds. The summed E-state index contributed by atoms with van der Waals surface area (Å²) >= 11 is 5.83. The minimum absolute atomic E-state index is 0.238. The molecular formula is C13H11ClO3. The van der Waals surface area contributed by atoms with Crippen LogP contribution in [0.3, 0.4) is 0 Å². The molecule has 88 valence electrons. The molecule has 4 heteroatoms. The lowest BCUT2D eigenvalue weighted by molar-refractivity contribution is -0.136. The fourth-order valence-electron chi connectivity index (χ4n) is 1.13. The van der Waals surface area contributed by atoms with Gasteiger partial charge >= 0.3 is 5.97 Å². The van der Waals surface area contributed by atoms with Crippen molar-refractivity contribution in [1.82, 2.24) is 0 Å². The molecule has 0 saturated heterocycles. The number of Topliss-reactive ketones (excluding diaryl/α,β-unsaturated/α-hetero) is 1. The largest absolute Gasteiger partial charge is 0.456 e. The molecule has 1 aromatic rings. The van der Waals surface area contributed by atoms with E-state index >= 15 is 0 Å². The minimum atomic E-state index is -0.702. The first-order valence-corrected chi connectivity index (χ1v) is 5.41. The molecule has 0 N–H and O–H groups in total. The first kappa shape index (κ1) is 13.3. The predicted molar refractivity (Wildman–Crippen MR) is 64.9 cm³/mol. The number of esters is 1. The third-order valence-corrected chi connectivity index (χ3v) is 2.40. The van der Waals surface area contributed by atoms with E-state index in [1.54, 1.807) is 32.0 Å². The standard InChI is InChI=1S/C13H11ClO3/c1-3-17-13(16)7-6-12(15)10-4-5-11(14)9(2)8-10/h4-5,8H,3H2,1-2H3. The Kier molecular flexibility index (Phi) is 4.74. The Morgan fingerprint density at radius 1 is 1.35 bits per heavy atom. The van der Waals surface area contributed by atoms with Crippen molar-refractivity contribution < 1.29 is 14.3 Å². The monoisotopic (exact) mass is 250 g/mol. The van der Waals surface area contributed by atoms with Crippen molar-refractivity contribution in [1.29, 1.82) is 0 Å². The van der Waals surface area contributed by atoms with E-state index in [0.717, 1.165) is 5.56 Å². The number of carbonyl (C=O) groups is 2. The van der Waals surface area contributed by atoms with Crippen molar-refractivity contribution in [2.24, 2.45) is 0 Å². The third-order valence-electron chi connectivity index (χ3n) is 1.97. The summed E-state index contributed by atoms with van der Waals surface area (Å²) in [7, 11) is 0. The zero-order chi connectivity index (χ0) is 12.8. The van der Waals surface area contributed by atoms with Crippen molar-refractivity contribution in [2.75, 3.05) is 6.61 Å². The number of hydrogen-bond acceptors (Lipinski definition) is 3. The van der Waals surface area contributed by atoms with Gasteiger partial charge in [-0.2, -0.15) is 0 Å². The fraction of sp³-hybridized carbons (Fsp3) is 0.231. The maximum atomic E-state index is 11.6. The van der Waals surface area contributed by atoms with Crippen LogP contribution in [0.5, 0.6) is 0 Å². The van der Waals surface area contributed by atoms with Crippen molar-refractivity contribution in [3.05, 3.63) is 34.3 Å². The normalized spacial score (nSPS) is 9.12. The summed E-state index contributed by atoms with van der Waals surface area (Å²) in [6.07, 6.45) is 0. The molecule has 0 bridgehead atoms. The van der Waals surface area contributed by atoms with E-state index < -0.39 is 11.8 Å². The summed E-state index contributed by atoms with van der Waals surface area (Å²) in [5.74, 6) is 3.21. The van der Waals surface area contributed by atoms with Crippen LogP contribution in [0.4, 0.5) is 0 Å². The lowest BCUT2D eigenvalue weighted by Gasteiger charge is -1.98. The van der Waals surface area contributed by atoms with Gasteiger partial charge in [0.1, 0.15) is 0 Å². The van der Waals surface area contributed by atoms with Crippen LogP contribution in [0.2, 0.25) is 5.02 Å². The topological polar surface area (TPSA) is 43.4 Å². The molecule has 0 aromatic heterocycles. The highest BCUT2D eigenvalue weighted by Gasteiger charge is 2.04. The summed E-state index contributed by atoms with van der Waals surface area (Å²) in [5, 5.41) is 0.583. The van der Waals surface area contributed by atoms with E-state index in [1.165, 1.54) is 0 Å². The van der Waals surface area contributed by atoms with E-state index in [4.69, 9.17) is 11.6 Å². The molecule has 17 heavy (non-hydrogen) atoms. The van der Waals surface area contributed by atoms with Crippen LogP contribution in [0, 0.1) is 18.8 Å². The van der Waals surface area contributed by atoms with Crippen LogP contribution in [-0.2, 0) is 9.53 Å². The van der Waals surface area contributed by atoms with Gasteiger partial charge in [-0.25, -0.2) is 4.79 Å². The molecule has 0 spiro atoms. The highest BCUT2D eigenvalue weighted by atomic mass is 35.5. The van der Waals surface area contributed by atoms with E-state index in [2.05, 4.69) is 16.6 Å². The molecule has 0 aliphatic heterocycles. The molecule has 0 radical (unpaired) electrons. The lowest BCUT2D eigenvalue weighted by atomic mass is 10.1. The number of ketones is 1. The average Bonchev–Trinajstić information content (AvgIpc) is 2.30. The first-order chi connectivity index (χ1) is 8.04. The van der Waals surface area contributed by atoms with Gasteiger partial charge in [0.2, 0.25) is 5.78 Å². The highest BCUT2D eigenvalue weighted by Crippen LogP contribution is 2.16. The van der Waals surface area contributed by atoms with Crippen LogP contribution in [0.25, 0.3) is 0 Å². The number of hydrogen-bond donors (Lipinski definition) is 0. The van der Waals surface area contributed by atoms with Crippen molar-refractivity contribution in [2.45, 2.75) is 13.8 Å². The van der Waals surface area contributed by atoms with Gasteiger partial charge < -0.3 is 4.74 Å². The van der Waals surface area contributed by atoms with Gasteiger partial charge in [-0.15, -0.1) is 0 Å². The molecule has 1 rings (SSSR count). The quantitative estimate of drug-likeness (QED) is 0.266. The number of carbonyl (C=O) groups excluding carboxylic acids is 2. The first-order valence-electron chi connectivity index (χ1n) is 5.04. The molecule has 0 unspecified atom stereocenters. The molecule has 3 nitrogen and oxygen atoms in total. The van der Waals surface area contributed by atoms with E-state index in [-0.39, 0.29) is 6.61 Å². The predicted octanol–water partition coefficient (Wildman–Crippen LogP) is 2.40. The third kappa shape index (κ3) is 3.93. The second-order valence-corrected chi connectivity index (χ2v) is 3.67. The molecule has 0 saturated carbocycles. The van der Waals surface area contributed by atoms with Gasteiger partial charge in [0, 0.05) is 16.5 Å². The molecule has 0 aliphatic carbocycles. The van der Waals surface area contributed by atoms with Gasteiger partial charge in [-0.1, -0.05) is 11.6 Å². The van der Waals surface area contributed by atoms with Crippen molar-refractivity contribution >= 4 is 23.4 Å². The fourth-order valence-corrected chi connectivity index (χ4v) is 1.25. The summed E-state index contributed by atoms with van der Waals surface area (Å²) in [6, 6.07) is 4.82. The maximum absolute atomic E-state index is 11.6. The Morgan fingerprint density at radius 3 is 2.65 bits per heavy atom. The van der Waals surface area contributed by atoms with Crippen molar-refractivity contribution in [3.8, 4) is 11.8 Å². The minimum Gasteiger partial charge on any atom is -0.456 e. The van der Waals surface area contributed by atoms with E-state index in [1.807, 2.05) is 0 Å². The van der Waals surface area contributed by atoms with Crippen LogP contribution in [-0.4, -0.2) is 18.4 Å². The Morgan fingerprint density at radius 2 is 2.06 bits per heavy atom. The second-order valence-electron chi connectivity index (χ2n) is 3.26. The average molecular weight is 251 g/mol. The number of benzene rings is 1. The van der Waals surface area contributed by atoms with Gasteiger partial charge in [-0.05, 0) is 43.5 Å². The summed E-state index contributed by atoms with van der Waals surface area (Å²) in [6.45, 7) is 3.70. The van der Waals surface area contributed by atoms with Crippen LogP contribution >= 0.6 is 11.6 Å². The van der Waals surface area contributed by atoms with E-state index in [0.29, 0.717) is 10.6 Å². The maximum Gasteiger partial charge on any atom is 0.384 e. The molecule has 0 fully saturated rings. The molecule has 0 atom stereocenters. The zero-order valence-electron chi connectivity index (χ0n) is 9.54. The summed E-state index contributed by atoms with van der Waals surface area (Å²) < 4.78 is 4.59. The van der Waals surface area contributed by atoms with Crippen molar-refractivity contribution in [3.63, 3.8) is 0 Å². The Balaban J connectivity index is 2.83. The Labute approximate surface area is 105 Å². The van der Waals surface area contributed by atoms with Gasteiger partial charge in [0.25, 0.3) is 0 Å². The SMILES string of the molecule is CCOC(=O)C#CC(=O)c1ccc(Cl)c(C)c1. The lowest BCUT2D eigenvalue weighted by Crippen LogP contribution is -2.02. The molecular weight excluding hydrogens is 240 g/mol. The molecule has 0 aliphatic rings. The Bertz CT molecular complexity index is 509. The smallest absolute Gasteiger partial charge is 0.384 e. The second kappa shape index (κ2) is 6.07. The van der Waals surface area contributed by atoms with Crippen LogP contribution in [0.1, 0.15) is 22.8 Å². The Hall–Kier alpha value is -1.79. The van der Waals surface area contributed by atoms with Gasteiger partial charge in [-0.3, -0.25) is 4.79 Å². The number of rotatable bonds is 2. The zero-order valence-corrected chi connectivity index (χ0v) is 10.3. The number of ether oxygens (including phenoxy) is 1. The van der Waals surface area contributed by atoms with Gasteiger partial charge in [0.05, 0.1) is 6.61 Å². The number of halogens is 1. The summed E-state index contributed by atoms with van der Waals surface area (Å²) in [4.78, 5) is 22.5. The van der Waals surface area contributed by atoms with Gasteiger partial charge in [0.15, 0.2) is 0 Å². The van der Waals surface area contributed by atoms with Crippen LogP contribution < -0.4 is 0 Å². The van der Waals surface area contributed by atoms with Crippen LogP contribution in [0.15, 0.2) is 18.2 Å². The molecule has 1 aromatic carbocycles. The highest BCUT2D eigenvalue weighted by molar-refractivity contribution is 6.31.